The number of anilines is 2. The number of hydrogen-bond donors (Lipinski definition) is 3. The zero-order valence-corrected chi connectivity index (χ0v) is 20.5. The Kier molecular flexibility index (Phi) is 7.94. The molecule has 0 saturated carbocycles. The highest BCUT2D eigenvalue weighted by atomic mass is 32.2. The lowest BCUT2D eigenvalue weighted by Crippen LogP contribution is -2.34. The van der Waals surface area contributed by atoms with Crippen LogP contribution >= 0.6 is 23.1 Å². The topological polar surface area (TPSA) is 121 Å². The number of aryl methyl sites for hydroxylation is 1. The number of hydrogen-bond acceptors (Lipinski definition) is 7. The molecule has 0 spiro atoms. The lowest BCUT2D eigenvalue weighted by molar-refractivity contribution is -0.146. The second kappa shape index (κ2) is 11.3. The molecule has 0 saturated heterocycles. The van der Waals surface area contributed by atoms with E-state index in [1.807, 2.05) is 55.5 Å². The molecule has 180 valence electrons. The molecule has 3 atom stereocenters. The molecule has 1 aliphatic rings. The Bertz CT molecular complexity index is 1230. The van der Waals surface area contributed by atoms with Crippen molar-refractivity contribution in [2.75, 3.05) is 10.6 Å². The Labute approximate surface area is 210 Å². The van der Waals surface area contributed by atoms with E-state index in [9.17, 15) is 19.5 Å². The fourth-order valence-corrected chi connectivity index (χ4v) is 5.40. The molecule has 1 heterocycles. The molecule has 0 bridgehead atoms. The Morgan fingerprint density at radius 1 is 0.971 bits per heavy atom. The number of thioether (sulfide) groups is 1. The van der Waals surface area contributed by atoms with Crippen molar-refractivity contribution in [3.63, 3.8) is 0 Å². The second-order valence-electron chi connectivity index (χ2n) is 8.03. The van der Waals surface area contributed by atoms with Gasteiger partial charge in [-0.25, -0.2) is 0 Å². The molecular formula is C25H24N4O4S2. The van der Waals surface area contributed by atoms with Gasteiger partial charge in [0.1, 0.15) is 10.3 Å². The summed E-state index contributed by atoms with van der Waals surface area (Å²) in [5, 5.41) is 23.7. The molecule has 1 aliphatic carbocycles. The fraction of sp³-hybridized carbons (Fsp3) is 0.240. The van der Waals surface area contributed by atoms with Crippen molar-refractivity contribution >= 4 is 51.7 Å². The fourth-order valence-electron chi connectivity index (χ4n) is 3.78. The Balaban J connectivity index is 1.45. The van der Waals surface area contributed by atoms with Crippen LogP contribution in [-0.4, -0.2) is 33.1 Å². The average Bonchev–Trinajstić information content (AvgIpc) is 3.28. The zero-order chi connectivity index (χ0) is 24.8. The van der Waals surface area contributed by atoms with Crippen LogP contribution < -0.4 is 10.6 Å². The number of carboxylic acids is 1. The summed E-state index contributed by atoms with van der Waals surface area (Å²) in [5.74, 6) is -2.82. The third-order valence-corrected chi connectivity index (χ3v) is 7.58. The first-order valence-electron chi connectivity index (χ1n) is 11.0. The van der Waals surface area contributed by atoms with E-state index in [1.54, 1.807) is 18.2 Å². The van der Waals surface area contributed by atoms with E-state index < -0.39 is 23.1 Å². The van der Waals surface area contributed by atoms with Crippen LogP contribution in [0.2, 0.25) is 0 Å². The van der Waals surface area contributed by atoms with E-state index >= 15 is 0 Å². The molecule has 0 radical (unpaired) electrons. The second-order valence-corrected chi connectivity index (χ2v) is 10.4. The number of aliphatic carboxylic acids is 1. The maximum atomic E-state index is 13.1. The summed E-state index contributed by atoms with van der Waals surface area (Å²) in [6.07, 6.45) is 4.41. The first-order chi connectivity index (χ1) is 16.9. The highest BCUT2D eigenvalue weighted by Gasteiger charge is 2.34. The van der Waals surface area contributed by atoms with Crippen molar-refractivity contribution in [2.24, 2.45) is 11.8 Å². The standard InChI is InChI=1S/C25H24N4O4S2/c1-15-28-29-25(34-15)27-23(31)21(16-7-3-2-4-8-16)35-18-13-11-17(12-14-18)26-22(30)19-9-5-6-10-20(19)24(32)33/h2-8,11-14,19-21H,9-10H2,1H3,(H,26,30)(H,32,33)(H,27,29,31). The molecule has 10 heteroatoms. The molecule has 4 rings (SSSR count). The number of amides is 2. The minimum atomic E-state index is -0.963. The molecule has 0 aliphatic heterocycles. The van der Waals surface area contributed by atoms with Crippen molar-refractivity contribution in [3.05, 3.63) is 77.3 Å². The van der Waals surface area contributed by atoms with Gasteiger partial charge in [0.2, 0.25) is 16.9 Å². The quantitative estimate of drug-likeness (QED) is 0.291. The predicted octanol–water partition coefficient (Wildman–Crippen LogP) is 4.92. The molecule has 3 unspecified atom stereocenters. The highest BCUT2D eigenvalue weighted by Crippen LogP contribution is 2.37. The summed E-state index contributed by atoms with van der Waals surface area (Å²) in [5.41, 5.74) is 1.42. The van der Waals surface area contributed by atoms with E-state index in [4.69, 9.17) is 0 Å². The number of nitrogens with one attached hydrogen (secondary N) is 2. The van der Waals surface area contributed by atoms with Crippen LogP contribution in [0.1, 0.15) is 28.7 Å². The Morgan fingerprint density at radius 2 is 1.66 bits per heavy atom. The largest absolute Gasteiger partial charge is 0.481 e. The normalized spacial score (nSPS) is 18.0. The molecule has 2 aromatic carbocycles. The number of allylic oxidation sites excluding steroid dienone is 2. The first-order valence-corrected chi connectivity index (χ1v) is 12.7. The average molecular weight is 509 g/mol. The molecule has 3 aromatic rings. The van der Waals surface area contributed by atoms with E-state index in [1.165, 1.54) is 23.1 Å². The predicted molar refractivity (Wildman–Crippen MR) is 136 cm³/mol. The summed E-state index contributed by atoms with van der Waals surface area (Å²) < 4.78 is 0. The number of rotatable bonds is 8. The number of nitrogens with zero attached hydrogens (tertiary/aromatic N) is 2. The minimum absolute atomic E-state index is 0.209. The molecule has 1 aromatic heterocycles. The smallest absolute Gasteiger partial charge is 0.307 e. The maximum Gasteiger partial charge on any atom is 0.307 e. The molecule has 0 fully saturated rings. The van der Waals surface area contributed by atoms with E-state index in [2.05, 4.69) is 20.8 Å². The van der Waals surface area contributed by atoms with Gasteiger partial charge in [-0.1, -0.05) is 53.8 Å². The first kappa shape index (κ1) is 24.6. The summed E-state index contributed by atoms with van der Waals surface area (Å²) in [6, 6.07) is 16.6. The lowest BCUT2D eigenvalue weighted by Gasteiger charge is -2.24. The van der Waals surface area contributed by atoms with E-state index in [0.29, 0.717) is 23.7 Å². The summed E-state index contributed by atoms with van der Waals surface area (Å²) >= 11 is 2.69. The van der Waals surface area contributed by atoms with Gasteiger partial charge in [-0.15, -0.1) is 22.0 Å². The third-order valence-electron chi connectivity index (χ3n) is 5.56. The third kappa shape index (κ3) is 6.34. The van der Waals surface area contributed by atoms with Crippen LogP contribution in [0.4, 0.5) is 10.8 Å². The number of carboxylic acid groups (broad SMARTS) is 1. The van der Waals surface area contributed by atoms with Crippen molar-refractivity contribution < 1.29 is 19.5 Å². The maximum absolute atomic E-state index is 13.1. The van der Waals surface area contributed by atoms with Gasteiger partial charge < -0.3 is 10.4 Å². The molecule has 2 amide bonds. The molecule has 35 heavy (non-hydrogen) atoms. The molecular weight excluding hydrogens is 484 g/mol. The number of carbonyl (C=O) groups excluding carboxylic acids is 2. The minimum Gasteiger partial charge on any atom is -0.481 e. The van der Waals surface area contributed by atoms with Crippen molar-refractivity contribution in [2.45, 2.75) is 29.9 Å². The van der Waals surface area contributed by atoms with Crippen LogP contribution in [0.15, 0.2) is 71.6 Å². The van der Waals surface area contributed by atoms with Gasteiger partial charge in [0.25, 0.3) is 0 Å². The SMILES string of the molecule is Cc1nnc(NC(=O)C(Sc2ccc(NC(=O)C3CC=CCC3C(=O)O)cc2)c2ccccc2)s1. The Hall–Kier alpha value is -3.50. The van der Waals surface area contributed by atoms with Gasteiger partial charge in [0, 0.05) is 10.6 Å². The number of benzene rings is 2. The van der Waals surface area contributed by atoms with Crippen molar-refractivity contribution in [1.82, 2.24) is 10.2 Å². The van der Waals surface area contributed by atoms with Crippen LogP contribution in [0.5, 0.6) is 0 Å². The van der Waals surface area contributed by atoms with Gasteiger partial charge in [-0.3, -0.25) is 19.7 Å². The van der Waals surface area contributed by atoms with Crippen LogP contribution in [0, 0.1) is 18.8 Å². The van der Waals surface area contributed by atoms with Crippen LogP contribution in [0.25, 0.3) is 0 Å². The van der Waals surface area contributed by atoms with E-state index in [-0.39, 0.29) is 11.8 Å². The summed E-state index contributed by atoms with van der Waals surface area (Å²) in [4.78, 5) is 38.2. The number of carbonyl (C=O) groups is 3. The van der Waals surface area contributed by atoms with Crippen molar-refractivity contribution in [3.8, 4) is 0 Å². The molecule has 8 nitrogen and oxygen atoms in total. The highest BCUT2D eigenvalue weighted by molar-refractivity contribution is 8.00. The van der Waals surface area contributed by atoms with Gasteiger partial charge in [0.05, 0.1) is 11.8 Å². The summed E-state index contributed by atoms with van der Waals surface area (Å²) in [7, 11) is 0. The van der Waals surface area contributed by atoms with Gasteiger partial charge in [-0.05, 0) is 49.6 Å². The van der Waals surface area contributed by atoms with Crippen molar-refractivity contribution in [1.29, 1.82) is 0 Å². The van der Waals surface area contributed by atoms with Crippen LogP contribution in [-0.2, 0) is 14.4 Å². The lowest BCUT2D eigenvalue weighted by atomic mass is 9.82. The Morgan fingerprint density at radius 3 is 2.29 bits per heavy atom. The molecule has 3 N–H and O–H groups in total. The van der Waals surface area contributed by atoms with E-state index in [0.717, 1.165) is 15.5 Å². The number of aromatic nitrogens is 2. The van der Waals surface area contributed by atoms with Gasteiger partial charge >= 0.3 is 5.97 Å². The van der Waals surface area contributed by atoms with Gasteiger partial charge in [0.15, 0.2) is 0 Å². The van der Waals surface area contributed by atoms with Gasteiger partial charge in [-0.2, -0.15) is 0 Å². The zero-order valence-electron chi connectivity index (χ0n) is 18.9. The monoisotopic (exact) mass is 508 g/mol. The summed E-state index contributed by atoms with van der Waals surface area (Å²) in [6.45, 7) is 1.82. The van der Waals surface area contributed by atoms with Crippen LogP contribution in [0.3, 0.4) is 0 Å².